The molecule has 0 spiro atoms. The van der Waals surface area contributed by atoms with Gasteiger partial charge >= 0.3 is 0 Å². The number of phenols is 3. The van der Waals surface area contributed by atoms with Crippen LogP contribution in [0.2, 0.25) is 0 Å². The minimum Gasteiger partial charge on any atom is -0.506 e. The van der Waals surface area contributed by atoms with Crippen LogP contribution in [-0.2, 0) is 6.42 Å². The molecule has 1 atom stereocenters. The zero-order valence-corrected chi connectivity index (χ0v) is 20.2. The Hall–Kier alpha value is -3.67. The van der Waals surface area contributed by atoms with Gasteiger partial charge in [0.05, 0.1) is 10.9 Å². The predicted octanol–water partition coefficient (Wildman–Crippen LogP) is 6.34. The van der Waals surface area contributed by atoms with Gasteiger partial charge in [-0.15, -0.1) is 0 Å². The van der Waals surface area contributed by atoms with E-state index in [2.05, 4.69) is 12.7 Å². The van der Waals surface area contributed by atoms with Crippen molar-refractivity contribution in [3.63, 3.8) is 0 Å². The van der Waals surface area contributed by atoms with E-state index in [-0.39, 0.29) is 33.6 Å². The van der Waals surface area contributed by atoms with E-state index in [0.717, 1.165) is 12.0 Å². The van der Waals surface area contributed by atoms with E-state index in [1.807, 2.05) is 40.7 Å². The Balaban J connectivity index is 2.11. The number of rotatable bonds is 5. The van der Waals surface area contributed by atoms with E-state index >= 15 is 0 Å². The molecule has 1 aliphatic rings. The molecule has 1 aromatic heterocycles. The van der Waals surface area contributed by atoms with Crippen LogP contribution in [-0.4, -0.2) is 20.9 Å². The first-order valence-electron chi connectivity index (χ1n) is 11.3. The molecule has 0 fully saturated rings. The van der Waals surface area contributed by atoms with Gasteiger partial charge in [-0.25, -0.2) is 0 Å². The first-order valence-corrected chi connectivity index (χ1v) is 11.3. The lowest BCUT2D eigenvalue weighted by atomic mass is 9.86. The fraction of sp³-hybridized carbons (Fsp3) is 0.321. The molecule has 6 heteroatoms. The van der Waals surface area contributed by atoms with Crippen LogP contribution in [0.15, 0.2) is 51.2 Å². The Labute approximate surface area is 198 Å². The average molecular weight is 463 g/mol. The van der Waals surface area contributed by atoms with Crippen molar-refractivity contribution in [1.29, 1.82) is 0 Å². The normalized spacial score (nSPS) is 15.1. The number of allylic oxidation sites excluding steroid dienone is 3. The van der Waals surface area contributed by atoms with Crippen LogP contribution in [0.3, 0.4) is 0 Å². The second-order valence-electron chi connectivity index (χ2n) is 9.82. The molecular formula is C28H30O6. The summed E-state index contributed by atoms with van der Waals surface area (Å²) in [4.78, 5) is 13.5. The molecule has 4 rings (SSSR count). The van der Waals surface area contributed by atoms with Crippen LogP contribution in [0.1, 0.15) is 52.2 Å². The average Bonchev–Trinajstić information content (AvgIpc) is 2.74. The third-order valence-electron chi connectivity index (χ3n) is 6.27. The molecule has 0 aliphatic carbocycles. The fourth-order valence-electron chi connectivity index (χ4n) is 4.29. The molecule has 2 aromatic carbocycles. The number of hydrogen-bond acceptors (Lipinski definition) is 6. The van der Waals surface area contributed by atoms with Crippen LogP contribution in [0.5, 0.6) is 23.0 Å². The summed E-state index contributed by atoms with van der Waals surface area (Å²) < 4.78 is 12.4. The third kappa shape index (κ3) is 3.94. The first-order chi connectivity index (χ1) is 15.9. The van der Waals surface area contributed by atoms with Crippen molar-refractivity contribution >= 4 is 28.0 Å². The Bertz CT molecular complexity index is 1450. The van der Waals surface area contributed by atoms with Crippen molar-refractivity contribution in [3.8, 4) is 23.0 Å². The lowest BCUT2D eigenvalue weighted by Crippen LogP contribution is -2.28. The van der Waals surface area contributed by atoms with Gasteiger partial charge in [-0.1, -0.05) is 23.8 Å². The number of benzene rings is 2. The highest BCUT2D eigenvalue weighted by atomic mass is 16.5. The topological polar surface area (TPSA) is 100 Å². The zero-order chi connectivity index (χ0) is 24.9. The fourth-order valence-corrected chi connectivity index (χ4v) is 4.29. The van der Waals surface area contributed by atoms with E-state index < -0.39 is 22.5 Å². The maximum atomic E-state index is 13.5. The number of fused-ring (bicyclic) bond motifs is 3. The van der Waals surface area contributed by atoms with E-state index in [4.69, 9.17) is 9.15 Å². The Morgan fingerprint density at radius 1 is 1.12 bits per heavy atom. The summed E-state index contributed by atoms with van der Waals surface area (Å²) in [6.07, 6.45) is 6.90. The summed E-state index contributed by atoms with van der Waals surface area (Å²) in [7, 11) is 0. The monoisotopic (exact) mass is 462 g/mol. The molecule has 2 heterocycles. The number of phenolic OH excluding ortho intramolecular Hbond substituents is 3. The summed E-state index contributed by atoms with van der Waals surface area (Å²) in [6.45, 7) is 14.0. The quantitative estimate of drug-likeness (QED) is 0.232. The number of aromatic hydroxyl groups is 3. The Morgan fingerprint density at radius 2 is 1.82 bits per heavy atom. The molecule has 178 valence electrons. The van der Waals surface area contributed by atoms with Gasteiger partial charge < -0.3 is 24.5 Å². The second-order valence-corrected chi connectivity index (χ2v) is 9.82. The van der Waals surface area contributed by atoms with Gasteiger partial charge in [-0.2, -0.15) is 0 Å². The van der Waals surface area contributed by atoms with E-state index in [1.165, 1.54) is 17.7 Å². The van der Waals surface area contributed by atoms with Crippen molar-refractivity contribution in [2.45, 2.75) is 53.1 Å². The minimum atomic E-state index is -0.641. The molecule has 0 unspecified atom stereocenters. The summed E-state index contributed by atoms with van der Waals surface area (Å²) in [6, 6.07) is 2.59. The van der Waals surface area contributed by atoms with Crippen LogP contribution in [0, 0.1) is 5.92 Å². The molecule has 0 saturated carbocycles. The molecule has 1 aliphatic heterocycles. The largest absolute Gasteiger partial charge is 0.506 e. The molecule has 0 radical (unpaired) electrons. The maximum Gasteiger partial charge on any atom is 0.204 e. The second kappa shape index (κ2) is 8.28. The van der Waals surface area contributed by atoms with Gasteiger partial charge in [0.25, 0.3) is 0 Å². The minimum absolute atomic E-state index is 0.0157. The van der Waals surface area contributed by atoms with Gasteiger partial charge in [0.15, 0.2) is 11.3 Å². The molecular weight excluding hydrogens is 432 g/mol. The maximum absolute atomic E-state index is 13.5. The molecule has 6 nitrogen and oxygen atoms in total. The van der Waals surface area contributed by atoms with Crippen molar-refractivity contribution in [3.05, 3.63) is 63.4 Å². The highest BCUT2D eigenvalue weighted by Gasteiger charge is 2.32. The molecule has 34 heavy (non-hydrogen) atoms. The third-order valence-corrected chi connectivity index (χ3v) is 6.27. The van der Waals surface area contributed by atoms with Gasteiger partial charge in [-0.05, 0) is 77.7 Å². The number of ether oxygens (including phenoxy) is 1. The van der Waals surface area contributed by atoms with Gasteiger partial charge in [0.1, 0.15) is 28.1 Å². The van der Waals surface area contributed by atoms with E-state index in [0.29, 0.717) is 23.3 Å². The highest BCUT2D eigenvalue weighted by molar-refractivity contribution is 6.00. The Kier molecular flexibility index (Phi) is 5.72. The van der Waals surface area contributed by atoms with Gasteiger partial charge in [0, 0.05) is 5.56 Å². The predicted molar refractivity (Wildman–Crippen MR) is 135 cm³/mol. The van der Waals surface area contributed by atoms with E-state index in [9.17, 15) is 20.1 Å². The highest BCUT2D eigenvalue weighted by Crippen LogP contribution is 2.47. The molecule has 0 amide bonds. The lowest BCUT2D eigenvalue weighted by molar-refractivity contribution is 0.156. The number of hydrogen-bond donors (Lipinski definition) is 3. The molecule has 0 bridgehead atoms. The summed E-state index contributed by atoms with van der Waals surface area (Å²) in [5, 5.41) is 31.6. The van der Waals surface area contributed by atoms with Crippen LogP contribution >= 0.6 is 0 Å². The van der Waals surface area contributed by atoms with Gasteiger partial charge in [-0.3, -0.25) is 4.79 Å². The summed E-state index contributed by atoms with van der Waals surface area (Å²) >= 11 is 0. The smallest absolute Gasteiger partial charge is 0.204 e. The zero-order valence-electron chi connectivity index (χ0n) is 20.2. The molecule has 0 saturated heterocycles. The van der Waals surface area contributed by atoms with Crippen molar-refractivity contribution < 1.29 is 24.5 Å². The Morgan fingerprint density at radius 3 is 2.47 bits per heavy atom. The van der Waals surface area contributed by atoms with Crippen molar-refractivity contribution in [1.82, 2.24) is 0 Å². The molecule has 3 N–H and O–H groups in total. The van der Waals surface area contributed by atoms with Crippen molar-refractivity contribution in [2.24, 2.45) is 5.92 Å². The summed E-state index contributed by atoms with van der Waals surface area (Å²) in [5.74, 6) is -0.713. The standard InChI is InChI=1S/C28H30O6/c1-14(2)7-8-16(15(3)4)13-19-25-18(11-12-28(5,6)34-25)23(31)21-22(30)17-9-10-20(29)24(32)27(17)33-26(19)21/h7,9-12,16,29,31-32H,3,8,13H2,1-2,4-6H3/t16-/m0/s1. The SMILES string of the molecule is C=C(C)[C@@H](CC=C(C)C)Cc1c2c(c(O)c3c(=O)c4ccc(O)c(O)c4oc13)C=CC(C)(C)O2. The van der Waals surface area contributed by atoms with Crippen molar-refractivity contribution in [2.75, 3.05) is 0 Å². The van der Waals surface area contributed by atoms with Crippen LogP contribution in [0.25, 0.3) is 28.0 Å². The van der Waals surface area contributed by atoms with Gasteiger partial charge in [0.2, 0.25) is 11.2 Å². The first kappa shape index (κ1) is 23.5. The van der Waals surface area contributed by atoms with Crippen LogP contribution in [0.4, 0.5) is 0 Å². The lowest BCUT2D eigenvalue weighted by Gasteiger charge is -2.31. The van der Waals surface area contributed by atoms with Crippen LogP contribution < -0.4 is 10.2 Å². The molecule has 3 aromatic rings. The summed E-state index contributed by atoms with van der Waals surface area (Å²) in [5.41, 5.74) is 2.02. The van der Waals surface area contributed by atoms with E-state index in [1.54, 1.807) is 6.08 Å².